The monoisotopic (exact) mass is 854 g/mol. The number of ether oxygens (including phenoxy) is 3. The normalized spacial score (nSPS) is 19.2. The molecule has 4 amide bonds. The Kier molecular flexibility index (Phi) is 11.8. The first-order valence-electron chi connectivity index (χ1n) is 22.0. The second-order valence-electron chi connectivity index (χ2n) is 17.3. The predicted octanol–water partition coefficient (Wildman–Crippen LogP) is 7.79. The topological polar surface area (TPSA) is 184 Å². The van der Waals surface area contributed by atoms with Gasteiger partial charge in [-0.2, -0.15) is 0 Å². The van der Waals surface area contributed by atoms with Crippen molar-refractivity contribution in [2.24, 2.45) is 11.8 Å². The fraction of sp³-hybridized carbons (Fsp3) is 0.417. The van der Waals surface area contributed by atoms with E-state index in [1.807, 2.05) is 35.8 Å². The Morgan fingerprint density at radius 1 is 0.651 bits per heavy atom. The van der Waals surface area contributed by atoms with Crippen LogP contribution in [0.4, 0.5) is 9.59 Å². The van der Waals surface area contributed by atoms with E-state index >= 15 is 0 Å². The van der Waals surface area contributed by atoms with Gasteiger partial charge in [0, 0.05) is 26.3 Å². The zero-order valence-electron chi connectivity index (χ0n) is 36.1. The van der Waals surface area contributed by atoms with E-state index in [0.717, 1.165) is 92.4 Å². The van der Waals surface area contributed by atoms with Crippen LogP contribution in [0.15, 0.2) is 72.8 Å². The average Bonchev–Trinajstić information content (AvgIpc) is 4.15. The lowest BCUT2D eigenvalue weighted by atomic mass is 9.90. The first-order valence-corrected chi connectivity index (χ1v) is 22.0. The molecule has 0 bridgehead atoms. The minimum atomic E-state index is -0.694. The van der Waals surface area contributed by atoms with E-state index in [2.05, 4.69) is 81.3 Å². The van der Waals surface area contributed by atoms with Crippen LogP contribution < -0.4 is 10.6 Å². The molecule has 9 rings (SSSR count). The molecule has 3 aliphatic rings. The van der Waals surface area contributed by atoms with Gasteiger partial charge in [-0.25, -0.2) is 19.6 Å². The second-order valence-corrected chi connectivity index (χ2v) is 17.3. The number of rotatable bonds is 10. The van der Waals surface area contributed by atoms with E-state index < -0.39 is 24.3 Å². The third-order valence-electron chi connectivity index (χ3n) is 13.1. The third kappa shape index (κ3) is 8.41. The highest BCUT2D eigenvalue weighted by atomic mass is 16.5. The predicted molar refractivity (Wildman–Crippen MR) is 239 cm³/mol. The number of methoxy groups -OCH3 is 2. The molecule has 3 saturated heterocycles. The molecule has 6 aromatic rings. The van der Waals surface area contributed by atoms with Gasteiger partial charge in [0.1, 0.15) is 23.7 Å². The Labute approximate surface area is 365 Å². The molecule has 0 unspecified atom stereocenters. The van der Waals surface area contributed by atoms with Gasteiger partial charge in [0.2, 0.25) is 11.8 Å². The smallest absolute Gasteiger partial charge is 0.407 e. The van der Waals surface area contributed by atoms with Crippen LogP contribution in [-0.4, -0.2) is 106 Å². The average molecular weight is 855 g/mol. The van der Waals surface area contributed by atoms with E-state index in [4.69, 9.17) is 24.2 Å². The van der Waals surface area contributed by atoms with Gasteiger partial charge in [-0.3, -0.25) is 9.59 Å². The van der Waals surface area contributed by atoms with Crippen molar-refractivity contribution in [2.75, 3.05) is 40.5 Å². The van der Waals surface area contributed by atoms with Crippen molar-refractivity contribution >= 4 is 56.8 Å². The number of imidazole rings is 2. The van der Waals surface area contributed by atoms with Gasteiger partial charge in [0.05, 0.1) is 48.4 Å². The number of likely N-dealkylation sites (tertiary alicyclic amines) is 2. The van der Waals surface area contributed by atoms with Crippen molar-refractivity contribution in [3.63, 3.8) is 0 Å². The fourth-order valence-electron chi connectivity index (χ4n) is 9.64. The summed E-state index contributed by atoms with van der Waals surface area (Å²) >= 11 is 0. The van der Waals surface area contributed by atoms with Crippen molar-refractivity contribution in [1.29, 1.82) is 0 Å². The molecule has 328 valence electrons. The summed E-state index contributed by atoms with van der Waals surface area (Å²) in [5, 5.41) is 7.76. The van der Waals surface area contributed by atoms with Crippen LogP contribution in [0.5, 0.6) is 0 Å². The maximum Gasteiger partial charge on any atom is 0.407 e. The number of carbonyl (C=O) groups is 4. The molecule has 4 atom stereocenters. The van der Waals surface area contributed by atoms with Crippen LogP contribution in [0.25, 0.3) is 55.1 Å². The molecule has 3 aliphatic heterocycles. The fourth-order valence-corrected chi connectivity index (χ4v) is 9.64. The molecule has 4 aromatic carbocycles. The summed E-state index contributed by atoms with van der Waals surface area (Å²) in [5.41, 5.74) is 7.69. The van der Waals surface area contributed by atoms with Gasteiger partial charge < -0.3 is 44.6 Å². The largest absolute Gasteiger partial charge is 0.453 e. The summed E-state index contributed by atoms with van der Waals surface area (Å²) in [5.74, 6) is 1.10. The number of amides is 4. The summed E-state index contributed by atoms with van der Waals surface area (Å²) in [6.45, 7) is 6.12. The second kappa shape index (κ2) is 17.7. The number of carbonyl (C=O) groups excluding carboxylic acids is 4. The number of fused-ring (bicyclic) bond motifs is 3. The number of nitrogens with zero attached hydrogens (tertiary/aromatic N) is 4. The Morgan fingerprint density at radius 3 is 1.63 bits per heavy atom. The maximum atomic E-state index is 14.1. The number of H-pyrrole nitrogens is 2. The van der Waals surface area contributed by atoms with E-state index in [-0.39, 0.29) is 35.7 Å². The molecule has 15 heteroatoms. The first kappa shape index (κ1) is 41.9. The number of aromatic amines is 2. The van der Waals surface area contributed by atoms with E-state index in [0.29, 0.717) is 39.1 Å². The lowest BCUT2D eigenvalue weighted by molar-refractivity contribution is -0.137. The third-order valence-corrected chi connectivity index (χ3v) is 13.1. The molecular weight excluding hydrogens is 801 g/mol. The lowest BCUT2D eigenvalue weighted by Gasteiger charge is -2.34. The van der Waals surface area contributed by atoms with Gasteiger partial charge in [-0.05, 0) is 120 Å². The Morgan fingerprint density at radius 2 is 1.13 bits per heavy atom. The highest BCUT2D eigenvalue weighted by molar-refractivity contribution is 5.93. The van der Waals surface area contributed by atoms with Crippen LogP contribution in [0.1, 0.15) is 76.1 Å². The molecular formula is C48H54N8O7. The molecule has 63 heavy (non-hydrogen) atoms. The molecule has 3 fully saturated rings. The minimum absolute atomic E-state index is 0.0307. The number of hydrogen-bond donors (Lipinski definition) is 4. The Hall–Kier alpha value is -6.48. The first-order chi connectivity index (χ1) is 30.6. The summed E-state index contributed by atoms with van der Waals surface area (Å²) in [7, 11) is 2.61. The van der Waals surface area contributed by atoms with Crippen LogP contribution in [0.2, 0.25) is 0 Å². The van der Waals surface area contributed by atoms with E-state index in [1.54, 1.807) is 0 Å². The van der Waals surface area contributed by atoms with Crippen LogP contribution in [0.3, 0.4) is 0 Å². The molecule has 15 nitrogen and oxygen atoms in total. The molecule has 5 heterocycles. The standard InChI is InChI=1S/C48H54N8O7/c1-27(2)41(53-47(59)61-3)45(57)55-19-5-7-39(55)43-49-35-15-13-33(25-37(35)51-43)31-11-9-30-24-32(12-10-29(30)23-31)34-14-16-36-38(26-34)52-44(50-36)40-8-6-20-56(40)46(58)42(54-48(60)62-4)28-17-21-63-22-18-28/h9-16,23-28,39-42H,5-8,17-22H2,1-4H3,(H,49,51)(H,50,52)(H,53,59)(H,54,60)/t39-,40-,41-,42-/m0/s1. The van der Waals surface area contributed by atoms with Gasteiger partial charge in [-0.1, -0.05) is 50.2 Å². The quantitative estimate of drug-likeness (QED) is 0.107. The molecule has 0 spiro atoms. The number of aromatic nitrogens is 4. The summed E-state index contributed by atoms with van der Waals surface area (Å²) < 4.78 is 15.2. The number of nitrogens with one attached hydrogen (secondary N) is 4. The minimum Gasteiger partial charge on any atom is -0.453 e. The maximum absolute atomic E-state index is 14.1. The van der Waals surface area contributed by atoms with E-state index in [1.165, 1.54) is 14.2 Å². The molecule has 4 N–H and O–H groups in total. The lowest BCUT2D eigenvalue weighted by Crippen LogP contribution is -2.53. The summed E-state index contributed by atoms with van der Waals surface area (Å²) in [6, 6.07) is 23.5. The highest BCUT2D eigenvalue weighted by Crippen LogP contribution is 2.37. The molecule has 0 saturated carbocycles. The zero-order valence-corrected chi connectivity index (χ0v) is 36.1. The van der Waals surface area contributed by atoms with Gasteiger partial charge >= 0.3 is 12.2 Å². The molecule has 0 radical (unpaired) electrons. The Bertz CT molecular complexity index is 2690. The van der Waals surface area contributed by atoms with Gasteiger partial charge in [0.15, 0.2) is 0 Å². The number of benzene rings is 4. The van der Waals surface area contributed by atoms with Crippen LogP contribution in [-0.2, 0) is 23.8 Å². The van der Waals surface area contributed by atoms with Crippen molar-refractivity contribution in [2.45, 2.75) is 76.5 Å². The zero-order chi connectivity index (χ0) is 43.8. The number of alkyl carbamates (subject to hydrolysis) is 2. The van der Waals surface area contributed by atoms with Crippen molar-refractivity contribution in [3.05, 3.63) is 84.4 Å². The van der Waals surface area contributed by atoms with Crippen molar-refractivity contribution in [3.8, 4) is 22.3 Å². The van der Waals surface area contributed by atoms with Crippen LogP contribution in [0, 0.1) is 11.8 Å². The summed E-state index contributed by atoms with van der Waals surface area (Å²) in [6.07, 6.45) is 3.40. The van der Waals surface area contributed by atoms with Gasteiger partial charge in [-0.15, -0.1) is 0 Å². The molecule has 2 aromatic heterocycles. The van der Waals surface area contributed by atoms with Gasteiger partial charge in [0.25, 0.3) is 0 Å². The van der Waals surface area contributed by atoms with E-state index in [9.17, 15) is 19.2 Å². The molecule has 0 aliphatic carbocycles. The number of hydrogen-bond acceptors (Lipinski definition) is 9. The van der Waals surface area contributed by atoms with Crippen molar-refractivity contribution < 1.29 is 33.4 Å². The van der Waals surface area contributed by atoms with Crippen LogP contribution >= 0.6 is 0 Å². The summed E-state index contributed by atoms with van der Waals surface area (Å²) in [4.78, 5) is 72.7. The highest BCUT2D eigenvalue weighted by Gasteiger charge is 2.41. The Balaban J connectivity index is 0.914. The van der Waals surface area contributed by atoms with Crippen molar-refractivity contribution in [1.82, 2.24) is 40.4 Å². The SMILES string of the molecule is COC(=O)N[C@H](C(=O)N1CCC[C@H]1c1nc2ccc(-c3ccc4cc(-c5ccc6nc([C@@H]7CCCN7C(=O)[C@@H](NC(=O)OC)C7CCOCC7)[nH]c6c5)ccc4c3)cc2[nH]1)C(C)C.